The third-order valence-corrected chi connectivity index (χ3v) is 8.96. The molecule has 0 aliphatic rings. The molecule has 0 aliphatic heterocycles. The molecule has 0 atom stereocenters. The monoisotopic (exact) mass is 545 g/mol. The highest BCUT2D eigenvalue weighted by Gasteiger charge is 2.16. The van der Waals surface area contributed by atoms with Gasteiger partial charge in [0.2, 0.25) is 0 Å². The number of para-hydroxylation sites is 2. The smallest absolute Gasteiger partial charge is 0.0547 e. The van der Waals surface area contributed by atoms with E-state index in [2.05, 4.69) is 168 Å². The van der Waals surface area contributed by atoms with E-state index in [9.17, 15) is 0 Å². The summed E-state index contributed by atoms with van der Waals surface area (Å²) >= 11 is 0. The molecule has 9 aromatic rings. The zero-order valence-electron chi connectivity index (χ0n) is 23.5. The average molecular weight is 546 g/mol. The topological polar surface area (TPSA) is 4.93 Å². The van der Waals surface area contributed by atoms with E-state index in [0.717, 1.165) is 0 Å². The third-order valence-electron chi connectivity index (χ3n) is 8.96. The molecule has 8 aromatic carbocycles. The summed E-state index contributed by atoms with van der Waals surface area (Å²) in [4.78, 5) is 0. The van der Waals surface area contributed by atoms with Crippen LogP contribution < -0.4 is 0 Å². The Balaban J connectivity index is 1.26. The van der Waals surface area contributed by atoms with Crippen LogP contribution in [0.15, 0.2) is 164 Å². The fourth-order valence-corrected chi connectivity index (χ4v) is 7.07. The SMILES string of the molecule is c1ccc(-n2c3ccccc3c3c(-c4cccc(-c5ccc6c7ccccc7c7ccccc7c6c5)c4)cccc32)cc1. The lowest BCUT2D eigenvalue weighted by atomic mass is 9.91. The lowest BCUT2D eigenvalue weighted by molar-refractivity contribution is 1.18. The quantitative estimate of drug-likeness (QED) is 0.195. The van der Waals surface area contributed by atoms with Crippen molar-refractivity contribution in [3.63, 3.8) is 0 Å². The van der Waals surface area contributed by atoms with Crippen molar-refractivity contribution in [1.82, 2.24) is 4.57 Å². The molecule has 1 aromatic heterocycles. The van der Waals surface area contributed by atoms with Gasteiger partial charge in [0, 0.05) is 16.5 Å². The number of nitrogens with zero attached hydrogens (tertiary/aromatic N) is 1. The molecular formula is C42H27N. The van der Waals surface area contributed by atoms with Crippen molar-refractivity contribution in [3.05, 3.63) is 164 Å². The second-order valence-electron chi connectivity index (χ2n) is 11.3. The van der Waals surface area contributed by atoms with Crippen LogP contribution >= 0.6 is 0 Å². The second kappa shape index (κ2) is 9.44. The van der Waals surface area contributed by atoms with Crippen LogP contribution in [0.25, 0.3) is 82.1 Å². The Bertz CT molecular complexity index is 2460. The van der Waals surface area contributed by atoms with E-state index in [1.807, 2.05) is 0 Å². The normalized spacial score (nSPS) is 11.7. The number of hydrogen-bond donors (Lipinski definition) is 0. The summed E-state index contributed by atoms with van der Waals surface area (Å²) in [6.45, 7) is 0. The second-order valence-corrected chi connectivity index (χ2v) is 11.3. The minimum Gasteiger partial charge on any atom is -0.309 e. The van der Waals surface area contributed by atoms with E-state index in [1.54, 1.807) is 0 Å². The molecule has 0 aliphatic carbocycles. The predicted octanol–water partition coefficient (Wildman–Crippen LogP) is 11.6. The first-order chi connectivity index (χ1) is 21.3. The summed E-state index contributed by atoms with van der Waals surface area (Å²) in [5.41, 5.74) is 8.55. The van der Waals surface area contributed by atoms with Crippen molar-refractivity contribution in [2.24, 2.45) is 0 Å². The van der Waals surface area contributed by atoms with E-state index in [4.69, 9.17) is 0 Å². The zero-order chi connectivity index (χ0) is 28.3. The highest BCUT2D eigenvalue weighted by molar-refractivity contribution is 6.25. The van der Waals surface area contributed by atoms with Gasteiger partial charge in [-0.15, -0.1) is 0 Å². The molecule has 0 saturated heterocycles. The molecule has 1 heterocycles. The Kier molecular flexibility index (Phi) is 5.27. The van der Waals surface area contributed by atoms with Crippen molar-refractivity contribution < 1.29 is 0 Å². The van der Waals surface area contributed by atoms with Crippen LogP contribution in [0.5, 0.6) is 0 Å². The van der Waals surface area contributed by atoms with Crippen LogP contribution in [0.3, 0.4) is 0 Å². The number of fused-ring (bicyclic) bond motifs is 9. The number of rotatable bonds is 3. The first-order valence-corrected chi connectivity index (χ1v) is 14.9. The summed E-state index contributed by atoms with van der Waals surface area (Å²) < 4.78 is 2.39. The van der Waals surface area contributed by atoms with E-state index in [-0.39, 0.29) is 0 Å². The van der Waals surface area contributed by atoms with Gasteiger partial charge in [-0.25, -0.2) is 0 Å². The van der Waals surface area contributed by atoms with E-state index < -0.39 is 0 Å². The van der Waals surface area contributed by atoms with Gasteiger partial charge < -0.3 is 4.57 Å². The predicted molar refractivity (Wildman–Crippen MR) is 184 cm³/mol. The van der Waals surface area contributed by atoms with Gasteiger partial charge in [-0.05, 0) is 91.0 Å². The summed E-state index contributed by atoms with van der Waals surface area (Å²) in [5, 5.41) is 10.4. The van der Waals surface area contributed by atoms with E-state index in [1.165, 1.54) is 82.1 Å². The molecule has 0 unspecified atom stereocenters. The molecule has 0 bridgehead atoms. The van der Waals surface area contributed by atoms with Crippen molar-refractivity contribution in [2.75, 3.05) is 0 Å². The molecule has 0 fully saturated rings. The lowest BCUT2D eigenvalue weighted by Crippen LogP contribution is -1.92. The minimum atomic E-state index is 1.18. The summed E-state index contributed by atoms with van der Waals surface area (Å²) in [6.07, 6.45) is 0. The number of hydrogen-bond acceptors (Lipinski definition) is 0. The maximum Gasteiger partial charge on any atom is 0.0547 e. The van der Waals surface area contributed by atoms with Gasteiger partial charge in [-0.3, -0.25) is 0 Å². The number of aromatic nitrogens is 1. The molecule has 1 nitrogen and oxygen atoms in total. The van der Waals surface area contributed by atoms with Gasteiger partial charge in [0.1, 0.15) is 0 Å². The average Bonchev–Trinajstić information content (AvgIpc) is 3.43. The summed E-state index contributed by atoms with van der Waals surface area (Å²) in [5.74, 6) is 0. The lowest BCUT2D eigenvalue weighted by Gasteiger charge is -2.13. The molecule has 1 heteroatoms. The molecule has 0 radical (unpaired) electrons. The van der Waals surface area contributed by atoms with Crippen LogP contribution in [0.2, 0.25) is 0 Å². The van der Waals surface area contributed by atoms with Crippen LogP contribution in [0, 0.1) is 0 Å². The molecule has 0 N–H and O–H groups in total. The van der Waals surface area contributed by atoms with Crippen molar-refractivity contribution >= 4 is 54.1 Å². The minimum absolute atomic E-state index is 1.18. The largest absolute Gasteiger partial charge is 0.309 e. The van der Waals surface area contributed by atoms with Crippen molar-refractivity contribution in [3.8, 4) is 27.9 Å². The van der Waals surface area contributed by atoms with E-state index in [0.29, 0.717) is 0 Å². The van der Waals surface area contributed by atoms with Gasteiger partial charge >= 0.3 is 0 Å². The zero-order valence-corrected chi connectivity index (χ0v) is 23.5. The first-order valence-electron chi connectivity index (χ1n) is 14.9. The summed E-state index contributed by atoms with van der Waals surface area (Å²) in [7, 11) is 0. The van der Waals surface area contributed by atoms with Gasteiger partial charge in [-0.2, -0.15) is 0 Å². The van der Waals surface area contributed by atoms with Crippen LogP contribution in [-0.2, 0) is 0 Å². The molecule has 0 spiro atoms. The highest BCUT2D eigenvalue weighted by atomic mass is 15.0. The Morgan fingerprint density at radius 1 is 0.302 bits per heavy atom. The molecule has 200 valence electrons. The van der Waals surface area contributed by atoms with Gasteiger partial charge in [0.15, 0.2) is 0 Å². The van der Waals surface area contributed by atoms with Crippen LogP contribution in [-0.4, -0.2) is 4.57 Å². The van der Waals surface area contributed by atoms with Gasteiger partial charge in [-0.1, -0.05) is 127 Å². The Labute approximate surface area is 249 Å². The molecule has 0 saturated carbocycles. The van der Waals surface area contributed by atoms with Crippen LogP contribution in [0.1, 0.15) is 0 Å². The first kappa shape index (κ1) is 24.0. The van der Waals surface area contributed by atoms with Crippen molar-refractivity contribution in [1.29, 1.82) is 0 Å². The molecule has 9 rings (SSSR count). The molecule has 43 heavy (non-hydrogen) atoms. The van der Waals surface area contributed by atoms with Gasteiger partial charge in [0.05, 0.1) is 11.0 Å². The Morgan fingerprint density at radius 3 is 1.58 bits per heavy atom. The van der Waals surface area contributed by atoms with Crippen LogP contribution in [0.4, 0.5) is 0 Å². The third kappa shape index (κ3) is 3.65. The Hall–Kier alpha value is -5.66. The van der Waals surface area contributed by atoms with Crippen molar-refractivity contribution in [2.45, 2.75) is 0 Å². The summed E-state index contributed by atoms with van der Waals surface area (Å²) in [6, 6.07) is 59.7. The van der Waals surface area contributed by atoms with E-state index >= 15 is 0 Å². The Morgan fingerprint density at radius 2 is 0.837 bits per heavy atom. The maximum absolute atomic E-state index is 2.39. The maximum atomic E-state index is 2.39. The number of benzene rings is 8. The standard InChI is InChI=1S/C42H27N/c1-2-14-31(15-3-1)43-40-22-9-8-20-38(40)42-32(21-11-23-41(42)43)30-13-10-12-28(26-30)29-24-25-37-35-18-5-4-16-33(35)34-17-6-7-19-36(34)39(37)27-29/h1-27H. The fourth-order valence-electron chi connectivity index (χ4n) is 7.07. The highest BCUT2D eigenvalue weighted by Crippen LogP contribution is 2.41. The fraction of sp³-hybridized carbons (Fsp3) is 0. The molecular weight excluding hydrogens is 518 g/mol. The molecule has 0 amide bonds. The van der Waals surface area contributed by atoms with Gasteiger partial charge in [0.25, 0.3) is 0 Å².